The van der Waals surface area contributed by atoms with Gasteiger partial charge >= 0.3 is 0 Å². The van der Waals surface area contributed by atoms with Crippen molar-refractivity contribution in [3.8, 4) is 11.5 Å². The van der Waals surface area contributed by atoms with Crippen molar-refractivity contribution in [1.82, 2.24) is 5.32 Å². The zero-order valence-corrected chi connectivity index (χ0v) is 19.7. The van der Waals surface area contributed by atoms with E-state index in [0.717, 1.165) is 25.9 Å². The van der Waals surface area contributed by atoms with Gasteiger partial charge in [-0.25, -0.2) is 0 Å². The fourth-order valence-corrected chi connectivity index (χ4v) is 3.84. The first-order valence-electron chi connectivity index (χ1n) is 11.4. The summed E-state index contributed by atoms with van der Waals surface area (Å²) in [4.78, 5) is 12.7. The average molecular weight is 477 g/mol. The minimum absolute atomic E-state index is 0.113. The quantitative estimate of drug-likeness (QED) is 0.424. The number of carbonyl (C=O) groups excluding carboxylic acids is 1. The largest absolute Gasteiger partial charge is 0.493 e. The van der Waals surface area contributed by atoms with Crippen molar-refractivity contribution >= 4 is 28.9 Å². The molecule has 0 bridgehead atoms. The molecule has 34 heavy (non-hydrogen) atoms. The van der Waals surface area contributed by atoms with Crippen molar-refractivity contribution in [2.45, 2.75) is 25.4 Å². The number of ether oxygens (including phenoxy) is 3. The van der Waals surface area contributed by atoms with E-state index in [1.165, 1.54) is 5.56 Å². The molecule has 1 aliphatic heterocycles. The molecule has 176 valence electrons. The molecule has 0 aromatic heterocycles. The Morgan fingerprint density at radius 1 is 1.00 bits per heavy atom. The third-order valence-electron chi connectivity index (χ3n) is 5.41. The van der Waals surface area contributed by atoms with Crippen molar-refractivity contribution in [1.29, 1.82) is 0 Å². The fourth-order valence-electron chi connectivity index (χ4n) is 3.64. The number of rotatable bonds is 9. The molecule has 1 fully saturated rings. The maximum Gasteiger partial charge on any atom is 0.257 e. The van der Waals surface area contributed by atoms with Crippen LogP contribution >= 0.6 is 12.2 Å². The Labute approximate surface area is 205 Å². The van der Waals surface area contributed by atoms with Crippen molar-refractivity contribution in [3.63, 3.8) is 0 Å². The molecule has 0 radical (unpaired) electrons. The van der Waals surface area contributed by atoms with Gasteiger partial charge in [-0.1, -0.05) is 48.5 Å². The Morgan fingerprint density at radius 3 is 2.65 bits per heavy atom. The SMILES string of the molecule is O=C(NC(=S)Nc1ccccc1OCC1CCCO1)c1cccc(OCCc2ccccc2)c1. The first-order chi connectivity index (χ1) is 16.7. The molecule has 0 aliphatic carbocycles. The molecule has 6 nitrogen and oxygen atoms in total. The molecule has 3 aromatic carbocycles. The predicted molar refractivity (Wildman–Crippen MR) is 137 cm³/mol. The van der Waals surface area contributed by atoms with Crippen molar-refractivity contribution in [3.05, 3.63) is 90.0 Å². The highest BCUT2D eigenvalue weighted by Crippen LogP contribution is 2.25. The van der Waals surface area contributed by atoms with Crippen LogP contribution in [0.2, 0.25) is 0 Å². The smallest absolute Gasteiger partial charge is 0.257 e. The fraction of sp³-hybridized carbons (Fsp3) is 0.259. The van der Waals surface area contributed by atoms with Crippen molar-refractivity contribution in [2.75, 3.05) is 25.1 Å². The van der Waals surface area contributed by atoms with Gasteiger partial charge in [0.15, 0.2) is 5.11 Å². The van der Waals surface area contributed by atoms with E-state index in [1.54, 1.807) is 18.2 Å². The summed E-state index contributed by atoms with van der Waals surface area (Å²) in [7, 11) is 0. The second kappa shape index (κ2) is 12.2. The molecule has 1 atom stereocenters. The molecule has 1 heterocycles. The summed E-state index contributed by atoms with van der Waals surface area (Å²) in [5.74, 6) is 0.975. The minimum Gasteiger partial charge on any atom is -0.493 e. The van der Waals surface area contributed by atoms with E-state index in [9.17, 15) is 4.79 Å². The van der Waals surface area contributed by atoms with Crippen LogP contribution in [0.1, 0.15) is 28.8 Å². The molecule has 1 saturated heterocycles. The first kappa shape index (κ1) is 23.7. The van der Waals surface area contributed by atoms with E-state index in [1.807, 2.05) is 48.5 Å². The van der Waals surface area contributed by atoms with Crippen LogP contribution in [0.15, 0.2) is 78.9 Å². The van der Waals surface area contributed by atoms with E-state index in [4.69, 9.17) is 26.4 Å². The van der Waals surface area contributed by atoms with Gasteiger partial charge in [0, 0.05) is 18.6 Å². The van der Waals surface area contributed by atoms with E-state index in [2.05, 4.69) is 22.8 Å². The summed E-state index contributed by atoms with van der Waals surface area (Å²) in [6.45, 7) is 1.79. The second-order valence-corrected chi connectivity index (χ2v) is 8.37. The van der Waals surface area contributed by atoms with E-state index >= 15 is 0 Å². The summed E-state index contributed by atoms with van der Waals surface area (Å²) in [5, 5.41) is 5.97. The highest BCUT2D eigenvalue weighted by molar-refractivity contribution is 7.80. The molecule has 7 heteroatoms. The van der Waals surface area contributed by atoms with Crippen LogP contribution in [-0.2, 0) is 11.2 Å². The van der Waals surface area contributed by atoms with Gasteiger partial charge in [0.25, 0.3) is 5.91 Å². The normalized spacial score (nSPS) is 14.9. The van der Waals surface area contributed by atoms with Gasteiger partial charge in [-0.15, -0.1) is 0 Å². The topological polar surface area (TPSA) is 68.8 Å². The molecule has 0 saturated carbocycles. The zero-order valence-electron chi connectivity index (χ0n) is 18.9. The van der Waals surface area contributed by atoms with Gasteiger partial charge in [-0.2, -0.15) is 0 Å². The number of amides is 1. The molecule has 1 aliphatic rings. The van der Waals surface area contributed by atoms with Crippen LogP contribution in [0, 0.1) is 0 Å². The van der Waals surface area contributed by atoms with Crippen LogP contribution in [0.5, 0.6) is 11.5 Å². The molecular formula is C27H28N2O4S. The highest BCUT2D eigenvalue weighted by Gasteiger charge is 2.17. The van der Waals surface area contributed by atoms with Crippen LogP contribution < -0.4 is 20.1 Å². The Balaban J connectivity index is 1.29. The summed E-state index contributed by atoms with van der Waals surface area (Å²) >= 11 is 5.37. The molecular weight excluding hydrogens is 448 g/mol. The molecule has 4 rings (SSSR count). The number of nitrogens with one attached hydrogen (secondary N) is 2. The molecule has 3 aromatic rings. The Kier molecular flexibility index (Phi) is 8.48. The number of thiocarbonyl (C=S) groups is 1. The third-order valence-corrected chi connectivity index (χ3v) is 5.61. The van der Waals surface area contributed by atoms with Crippen molar-refractivity contribution in [2.24, 2.45) is 0 Å². The number of para-hydroxylation sites is 2. The third kappa shape index (κ3) is 7.04. The molecule has 1 amide bonds. The van der Waals surface area contributed by atoms with Gasteiger partial charge in [-0.3, -0.25) is 10.1 Å². The predicted octanol–water partition coefficient (Wildman–Crippen LogP) is 4.99. The molecule has 2 N–H and O–H groups in total. The zero-order chi connectivity index (χ0) is 23.6. The Morgan fingerprint density at radius 2 is 1.82 bits per heavy atom. The lowest BCUT2D eigenvalue weighted by Gasteiger charge is -2.16. The maximum atomic E-state index is 12.7. The standard InChI is InChI=1S/C27H28N2O4S/c30-26(21-10-6-11-22(18-21)32-17-15-20-8-2-1-3-9-20)29-27(34)28-24-13-4-5-14-25(24)33-19-23-12-7-16-31-23/h1-6,8-11,13-14,18,23H,7,12,15-17,19H2,(H2,28,29,30,34). The van der Waals surface area contributed by atoms with Gasteiger partial charge < -0.3 is 19.5 Å². The lowest BCUT2D eigenvalue weighted by atomic mass is 10.2. The lowest BCUT2D eigenvalue weighted by Crippen LogP contribution is -2.34. The van der Waals surface area contributed by atoms with E-state index in [0.29, 0.717) is 36.0 Å². The van der Waals surface area contributed by atoms with E-state index in [-0.39, 0.29) is 17.1 Å². The number of hydrogen-bond acceptors (Lipinski definition) is 5. The van der Waals surface area contributed by atoms with Gasteiger partial charge in [0.2, 0.25) is 0 Å². The maximum absolute atomic E-state index is 12.7. The summed E-state index contributed by atoms with van der Waals surface area (Å²) in [6.07, 6.45) is 2.96. The lowest BCUT2D eigenvalue weighted by molar-refractivity contribution is 0.0682. The van der Waals surface area contributed by atoms with Crippen LogP contribution in [0.25, 0.3) is 0 Å². The monoisotopic (exact) mass is 476 g/mol. The Hall–Kier alpha value is -3.42. The summed E-state index contributed by atoms with van der Waals surface area (Å²) in [6, 6.07) is 24.7. The minimum atomic E-state index is -0.316. The summed E-state index contributed by atoms with van der Waals surface area (Å²) in [5.41, 5.74) is 2.35. The van der Waals surface area contributed by atoms with Gasteiger partial charge in [0.1, 0.15) is 18.1 Å². The van der Waals surface area contributed by atoms with Crippen LogP contribution in [-0.4, -0.2) is 36.9 Å². The Bertz CT molecular complexity index is 1100. The van der Waals surface area contributed by atoms with Crippen LogP contribution in [0.3, 0.4) is 0 Å². The van der Waals surface area contributed by atoms with Crippen LogP contribution in [0.4, 0.5) is 5.69 Å². The first-order valence-corrected chi connectivity index (χ1v) is 11.8. The summed E-state index contributed by atoms with van der Waals surface area (Å²) < 4.78 is 17.4. The average Bonchev–Trinajstić information content (AvgIpc) is 3.38. The van der Waals surface area contributed by atoms with E-state index < -0.39 is 0 Å². The number of benzene rings is 3. The number of anilines is 1. The number of hydrogen-bond donors (Lipinski definition) is 2. The van der Waals surface area contributed by atoms with Gasteiger partial charge in [0.05, 0.1) is 18.4 Å². The van der Waals surface area contributed by atoms with Gasteiger partial charge in [-0.05, 0) is 61.0 Å². The molecule has 1 unspecified atom stereocenters. The van der Waals surface area contributed by atoms with Crippen molar-refractivity contribution < 1.29 is 19.0 Å². The molecule has 0 spiro atoms. The highest BCUT2D eigenvalue weighted by atomic mass is 32.1. The second-order valence-electron chi connectivity index (χ2n) is 7.96. The number of carbonyl (C=O) groups is 1.